The van der Waals surface area contributed by atoms with Crippen LogP contribution >= 0.6 is 0 Å². The lowest BCUT2D eigenvalue weighted by atomic mass is 10.1. The molecule has 10 heteroatoms. The predicted octanol–water partition coefficient (Wildman–Crippen LogP) is 1.74. The van der Waals surface area contributed by atoms with E-state index in [0.717, 1.165) is 0 Å². The van der Waals surface area contributed by atoms with Crippen LogP contribution in [0.1, 0.15) is 16.8 Å². The number of methoxy groups -OCH3 is 1. The van der Waals surface area contributed by atoms with Crippen LogP contribution in [0.3, 0.4) is 0 Å². The monoisotopic (exact) mass is 360 g/mol. The number of hydrogen-bond acceptors (Lipinski definition) is 4. The van der Waals surface area contributed by atoms with Crippen LogP contribution in [0.4, 0.5) is 18.9 Å². The third-order valence-corrected chi connectivity index (χ3v) is 3.65. The smallest absolute Gasteiger partial charge is 0.406 e. The van der Waals surface area contributed by atoms with Crippen molar-refractivity contribution in [3.05, 3.63) is 23.8 Å². The average Bonchev–Trinajstić information content (AvgIpc) is 2.86. The minimum absolute atomic E-state index is 0.0199. The van der Waals surface area contributed by atoms with E-state index >= 15 is 0 Å². The highest BCUT2D eigenvalue weighted by Crippen LogP contribution is 2.27. The number of rotatable bonds is 5. The molecule has 0 radical (unpaired) electrons. The maximum absolute atomic E-state index is 12.4. The molecule has 1 aromatic carbocycles. The summed E-state index contributed by atoms with van der Waals surface area (Å²) in [5.41, 5.74) is 0.112. The second-order valence-corrected chi connectivity index (χ2v) is 5.50. The van der Waals surface area contributed by atoms with Crippen LogP contribution < -0.4 is 10.1 Å². The van der Waals surface area contributed by atoms with Gasteiger partial charge in [0.05, 0.1) is 13.0 Å². The van der Waals surface area contributed by atoms with Gasteiger partial charge in [0.25, 0.3) is 0 Å². The summed E-state index contributed by atoms with van der Waals surface area (Å²) in [5, 5.41) is 11.4. The molecular formula is C15H15F3N2O5. The molecule has 0 spiro atoms. The highest BCUT2D eigenvalue weighted by Gasteiger charge is 2.40. The minimum atomic E-state index is -4.53. The molecule has 136 valence electrons. The van der Waals surface area contributed by atoms with Crippen LogP contribution in [-0.2, 0) is 9.59 Å². The number of carbonyl (C=O) groups excluding carboxylic acids is 2. The Morgan fingerprint density at radius 2 is 2.08 bits per heavy atom. The summed E-state index contributed by atoms with van der Waals surface area (Å²) < 4.78 is 42.1. The maximum atomic E-state index is 12.4. The molecule has 7 nitrogen and oxygen atoms in total. The Kier molecular flexibility index (Phi) is 5.19. The molecule has 0 bridgehead atoms. The molecule has 2 N–H and O–H groups in total. The molecule has 25 heavy (non-hydrogen) atoms. The number of nitrogens with one attached hydrogen (secondary N) is 1. The maximum Gasteiger partial charge on any atom is 0.406 e. The molecule has 0 saturated carbocycles. The summed E-state index contributed by atoms with van der Waals surface area (Å²) in [6.07, 6.45) is -4.84. The number of amides is 2. The second kappa shape index (κ2) is 6.99. The van der Waals surface area contributed by atoms with Gasteiger partial charge in [-0.2, -0.15) is 13.2 Å². The van der Waals surface area contributed by atoms with E-state index in [-0.39, 0.29) is 30.0 Å². The number of carboxylic acids is 1. The number of alkyl halides is 3. The van der Waals surface area contributed by atoms with Gasteiger partial charge in [-0.25, -0.2) is 4.79 Å². The first-order valence-electron chi connectivity index (χ1n) is 7.17. The lowest BCUT2D eigenvalue weighted by molar-refractivity contribution is -0.157. The second-order valence-electron chi connectivity index (χ2n) is 5.50. The molecule has 1 aliphatic rings. The van der Waals surface area contributed by atoms with Gasteiger partial charge < -0.3 is 20.1 Å². The molecule has 1 unspecified atom stereocenters. The van der Waals surface area contributed by atoms with E-state index in [9.17, 15) is 27.6 Å². The Bertz CT molecular complexity index is 705. The third-order valence-electron chi connectivity index (χ3n) is 3.65. The van der Waals surface area contributed by atoms with Crippen molar-refractivity contribution in [3.8, 4) is 5.75 Å². The quantitative estimate of drug-likeness (QED) is 0.834. The van der Waals surface area contributed by atoms with E-state index < -0.39 is 36.4 Å². The normalized spacial score (nSPS) is 17.5. The van der Waals surface area contributed by atoms with E-state index in [1.807, 2.05) is 0 Å². The first kappa shape index (κ1) is 18.6. The van der Waals surface area contributed by atoms with Crippen molar-refractivity contribution in [2.24, 2.45) is 5.92 Å². The van der Waals surface area contributed by atoms with Gasteiger partial charge >= 0.3 is 12.1 Å². The van der Waals surface area contributed by atoms with Gasteiger partial charge in [0.2, 0.25) is 11.8 Å². The predicted molar refractivity (Wildman–Crippen MR) is 79.3 cm³/mol. The van der Waals surface area contributed by atoms with Crippen LogP contribution in [0.5, 0.6) is 5.75 Å². The molecule has 1 aromatic rings. The number of likely N-dealkylation sites (tertiary alicyclic amines) is 1. The zero-order valence-electron chi connectivity index (χ0n) is 13.1. The molecule has 1 fully saturated rings. The summed E-state index contributed by atoms with van der Waals surface area (Å²) in [7, 11) is 1.26. The highest BCUT2D eigenvalue weighted by molar-refractivity contribution is 5.98. The van der Waals surface area contributed by atoms with Gasteiger partial charge in [-0.05, 0) is 12.1 Å². The summed E-state index contributed by atoms with van der Waals surface area (Å²) in [4.78, 5) is 35.4. The van der Waals surface area contributed by atoms with Crippen molar-refractivity contribution in [2.75, 3.05) is 25.5 Å². The number of aromatic carboxylic acids is 1. The molecule has 0 aromatic heterocycles. The molecule has 2 amide bonds. The standard InChI is InChI=1S/C15H15F3N2O5/c1-25-11-5-9(2-3-10(11)14(23)24)19-13(22)8-4-12(21)20(6-8)7-15(16,17)18/h2-3,5,8H,4,6-7H2,1H3,(H,19,22)(H,23,24). The number of ether oxygens (including phenoxy) is 1. The Hall–Kier alpha value is -2.78. The van der Waals surface area contributed by atoms with Gasteiger partial charge in [-0.15, -0.1) is 0 Å². The van der Waals surface area contributed by atoms with Gasteiger partial charge in [-0.3, -0.25) is 9.59 Å². The van der Waals surface area contributed by atoms with Crippen LogP contribution in [0.2, 0.25) is 0 Å². The Morgan fingerprint density at radius 1 is 1.40 bits per heavy atom. The SMILES string of the molecule is COc1cc(NC(=O)C2CC(=O)N(CC(F)(F)F)C2)ccc1C(=O)O. The van der Waals surface area contributed by atoms with Crippen molar-refractivity contribution in [2.45, 2.75) is 12.6 Å². The van der Waals surface area contributed by atoms with Crippen LogP contribution in [0.15, 0.2) is 18.2 Å². The van der Waals surface area contributed by atoms with Gasteiger partial charge in [-0.1, -0.05) is 0 Å². The van der Waals surface area contributed by atoms with Crippen LogP contribution in [0, 0.1) is 5.92 Å². The van der Waals surface area contributed by atoms with E-state index in [4.69, 9.17) is 9.84 Å². The van der Waals surface area contributed by atoms with Crippen molar-refractivity contribution in [1.82, 2.24) is 4.90 Å². The Morgan fingerprint density at radius 3 is 2.64 bits per heavy atom. The zero-order valence-corrected chi connectivity index (χ0v) is 13.1. The lowest BCUT2D eigenvalue weighted by Crippen LogP contribution is -2.36. The number of halogens is 3. The van der Waals surface area contributed by atoms with E-state index in [1.54, 1.807) is 0 Å². The number of anilines is 1. The van der Waals surface area contributed by atoms with E-state index in [0.29, 0.717) is 4.90 Å². The fourth-order valence-electron chi connectivity index (χ4n) is 2.51. The fraction of sp³-hybridized carbons (Fsp3) is 0.400. The molecule has 1 saturated heterocycles. The average molecular weight is 360 g/mol. The van der Waals surface area contributed by atoms with E-state index in [2.05, 4.69) is 5.32 Å². The molecule has 1 heterocycles. The zero-order chi connectivity index (χ0) is 18.8. The first-order valence-corrected chi connectivity index (χ1v) is 7.17. The highest BCUT2D eigenvalue weighted by atomic mass is 19.4. The number of carbonyl (C=O) groups is 3. The van der Waals surface area contributed by atoms with Gasteiger partial charge in [0, 0.05) is 24.7 Å². The topological polar surface area (TPSA) is 95.9 Å². The van der Waals surface area contributed by atoms with E-state index in [1.165, 1.54) is 25.3 Å². The van der Waals surface area contributed by atoms with Crippen LogP contribution in [-0.4, -0.2) is 54.2 Å². The lowest BCUT2D eigenvalue weighted by Gasteiger charge is -2.18. The Labute approximate surface area is 140 Å². The van der Waals surface area contributed by atoms with Crippen LogP contribution in [0.25, 0.3) is 0 Å². The van der Waals surface area contributed by atoms with Crippen molar-refractivity contribution >= 4 is 23.5 Å². The van der Waals surface area contributed by atoms with Crippen molar-refractivity contribution in [1.29, 1.82) is 0 Å². The number of nitrogens with zero attached hydrogens (tertiary/aromatic N) is 1. The summed E-state index contributed by atoms with van der Waals surface area (Å²) >= 11 is 0. The molecular weight excluding hydrogens is 345 g/mol. The van der Waals surface area contributed by atoms with Gasteiger partial charge in [0.15, 0.2) is 0 Å². The summed E-state index contributed by atoms with van der Waals surface area (Å²) in [6.45, 7) is -1.72. The summed E-state index contributed by atoms with van der Waals surface area (Å²) in [5.74, 6) is -3.47. The largest absolute Gasteiger partial charge is 0.496 e. The molecule has 1 atom stereocenters. The molecule has 0 aliphatic carbocycles. The fourth-order valence-corrected chi connectivity index (χ4v) is 2.51. The first-order chi connectivity index (χ1) is 11.6. The number of carboxylic acid groups (broad SMARTS) is 1. The number of hydrogen-bond donors (Lipinski definition) is 2. The third kappa shape index (κ3) is 4.61. The van der Waals surface area contributed by atoms with Crippen molar-refractivity contribution in [3.63, 3.8) is 0 Å². The van der Waals surface area contributed by atoms with Crippen molar-refractivity contribution < 1.29 is 37.4 Å². The Balaban J connectivity index is 2.05. The van der Waals surface area contributed by atoms with Gasteiger partial charge in [0.1, 0.15) is 17.9 Å². The minimum Gasteiger partial charge on any atom is -0.496 e. The summed E-state index contributed by atoms with van der Waals surface area (Å²) in [6, 6.07) is 3.84. The molecule has 2 rings (SSSR count). The molecule has 1 aliphatic heterocycles. The number of benzene rings is 1.